The number of para-hydroxylation sites is 1. The standard InChI is InChI=1S/C31H38OSi/c1-30(2,3)23-20-26(31(4,5)6)29(32-24-16-10-9-11-17-24)28(21-23)33(7,8)27-19-13-15-22-14-12-18-25(22)27/h9-13,15-21H,14H2,1-8H3. The molecule has 1 aliphatic rings. The topological polar surface area (TPSA) is 9.23 Å². The number of benzene rings is 3. The first kappa shape index (κ1) is 23.6. The van der Waals surface area contributed by atoms with Crippen molar-refractivity contribution in [1.29, 1.82) is 0 Å². The van der Waals surface area contributed by atoms with Crippen LogP contribution in [-0.2, 0) is 17.3 Å². The summed E-state index contributed by atoms with van der Waals surface area (Å²) in [4.78, 5) is 0. The molecule has 0 atom stereocenters. The fourth-order valence-electron chi connectivity index (χ4n) is 4.78. The molecule has 0 bridgehead atoms. The van der Waals surface area contributed by atoms with E-state index in [0.717, 1.165) is 17.9 Å². The average Bonchev–Trinajstić information content (AvgIpc) is 3.21. The van der Waals surface area contributed by atoms with E-state index in [1.807, 2.05) is 18.2 Å². The maximum absolute atomic E-state index is 6.78. The lowest BCUT2D eigenvalue weighted by Crippen LogP contribution is -2.55. The molecule has 33 heavy (non-hydrogen) atoms. The molecule has 3 aromatic carbocycles. The smallest absolute Gasteiger partial charge is 0.130 e. The Morgan fingerprint density at radius 1 is 0.758 bits per heavy atom. The Morgan fingerprint density at radius 3 is 2.09 bits per heavy atom. The van der Waals surface area contributed by atoms with Crippen molar-refractivity contribution in [1.82, 2.24) is 0 Å². The summed E-state index contributed by atoms with van der Waals surface area (Å²) in [5, 5.41) is 2.88. The molecule has 172 valence electrons. The minimum absolute atomic E-state index is 0.0385. The molecule has 1 aliphatic carbocycles. The van der Waals surface area contributed by atoms with E-state index in [2.05, 4.69) is 109 Å². The number of allylic oxidation sites excluding steroid dienone is 1. The van der Waals surface area contributed by atoms with Gasteiger partial charge in [-0.2, -0.15) is 0 Å². The first-order valence-corrected chi connectivity index (χ1v) is 15.1. The molecule has 0 fully saturated rings. The molecule has 2 heteroatoms. The van der Waals surface area contributed by atoms with Gasteiger partial charge in [-0.05, 0) is 56.4 Å². The lowest BCUT2D eigenvalue weighted by atomic mass is 9.80. The molecule has 0 aliphatic heterocycles. The van der Waals surface area contributed by atoms with Gasteiger partial charge in [0.15, 0.2) is 0 Å². The van der Waals surface area contributed by atoms with Gasteiger partial charge in [0.05, 0.1) is 0 Å². The SMILES string of the molecule is CC(C)(C)c1cc(C(C)(C)C)c(Oc2ccccc2)c([Si](C)(C)c2cccc3c2C=CC3)c1. The van der Waals surface area contributed by atoms with E-state index in [4.69, 9.17) is 4.74 Å². The molecule has 0 N–H and O–H groups in total. The van der Waals surface area contributed by atoms with Gasteiger partial charge in [-0.15, -0.1) is 0 Å². The van der Waals surface area contributed by atoms with Crippen molar-refractivity contribution in [3.8, 4) is 11.5 Å². The van der Waals surface area contributed by atoms with Gasteiger partial charge in [0, 0.05) is 5.56 Å². The molecule has 4 rings (SSSR count). The van der Waals surface area contributed by atoms with Gasteiger partial charge in [-0.25, -0.2) is 0 Å². The number of hydrogen-bond acceptors (Lipinski definition) is 1. The molecular formula is C31H38OSi. The van der Waals surface area contributed by atoms with Gasteiger partial charge >= 0.3 is 0 Å². The predicted octanol–water partition coefficient (Wildman–Crippen LogP) is 7.47. The van der Waals surface area contributed by atoms with E-state index < -0.39 is 8.07 Å². The van der Waals surface area contributed by atoms with Crippen molar-refractivity contribution < 1.29 is 4.74 Å². The fraction of sp³-hybridized carbons (Fsp3) is 0.355. The van der Waals surface area contributed by atoms with E-state index in [9.17, 15) is 0 Å². The Hall–Kier alpha value is -2.58. The van der Waals surface area contributed by atoms with E-state index >= 15 is 0 Å². The van der Waals surface area contributed by atoms with Crippen LogP contribution in [0.2, 0.25) is 13.1 Å². The molecule has 0 radical (unpaired) electrons. The van der Waals surface area contributed by atoms with Crippen molar-refractivity contribution in [3.63, 3.8) is 0 Å². The monoisotopic (exact) mass is 454 g/mol. The Morgan fingerprint density at radius 2 is 1.45 bits per heavy atom. The Bertz CT molecular complexity index is 1190. The fourth-order valence-corrected chi connectivity index (χ4v) is 7.77. The second-order valence-electron chi connectivity index (χ2n) is 11.9. The predicted molar refractivity (Wildman–Crippen MR) is 146 cm³/mol. The van der Waals surface area contributed by atoms with E-state index in [-0.39, 0.29) is 10.8 Å². The van der Waals surface area contributed by atoms with Crippen LogP contribution in [0, 0.1) is 0 Å². The summed E-state index contributed by atoms with van der Waals surface area (Å²) in [5.74, 6) is 1.95. The van der Waals surface area contributed by atoms with Crippen molar-refractivity contribution in [2.24, 2.45) is 0 Å². The largest absolute Gasteiger partial charge is 0.457 e. The average molecular weight is 455 g/mol. The maximum Gasteiger partial charge on any atom is 0.130 e. The van der Waals surface area contributed by atoms with Crippen LogP contribution >= 0.6 is 0 Å². The van der Waals surface area contributed by atoms with E-state index in [0.29, 0.717) is 0 Å². The van der Waals surface area contributed by atoms with Crippen LogP contribution in [0.15, 0.2) is 66.7 Å². The number of rotatable bonds is 4. The van der Waals surface area contributed by atoms with Crippen LogP contribution in [0.4, 0.5) is 0 Å². The van der Waals surface area contributed by atoms with Crippen LogP contribution < -0.4 is 15.1 Å². The molecular weight excluding hydrogens is 416 g/mol. The quantitative estimate of drug-likeness (QED) is 0.372. The molecule has 0 saturated heterocycles. The van der Waals surface area contributed by atoms with Gasteiger partial charge in [-0.1, -0.05) is 115 Å². The zero-order valence-electron chi connectivity index (χ0n) is 21.5. The van der Waals surface area contributed by atoms with E-state index in [1.54, 1.807) is 0 Å². The highest BCUT2D eigenvalue weighted by Crippen LogP contribution is 2.38. The number of fused-ring (bicyclic) bond motifs is 1. The third-order valence-corrected chi connectivity index (χ3v) is 10.4. The summed E-state index contributed by atoms with van der Waals surface area (Å²) < 4.78 is 6.78. The van der Waals surface area contributed by atoms with Crippen LogP contribution in [0.1, 0.15) is 63.8 Å². The minimum Gasteiger partial charge on any atom is -0.457 e. The third-order valence-electron chi connectivity index (χ3n) is 6.89. The summed E-state index contributed by atoms with van der Waals surface area (Å²) in [7, 11) is -2.11. The Balaban J connectivity index is 2.03. The first-order chi connectivity index (χ1) is 15.4. The minimum atomic E-state index is -2.11. The molecule has 0 aromatic heterocycles. The molecule has 0 unspecified atom stereocenters. The zero-order chi connectivity index (χ0) is 24.0. The van der Waals surface area contributed by atoms with Gasteiger partial charge < -0.3 is 4.74 Å². The highest BCUT2D eigenvalue weighted by Gasteiger charge is 2.36. The molecule has 0 amide bonds. The highest BCUT2D eigenvalue weighted by molar-refractivity contribution is 7.01. The normalized spacial score (nSPS) is 13.8. The molecule has 3 aromatic rings. The summed E-state index contributed by atoms with van der Waals surface area (Å²) in [6.45, 7) is 18.8. The lowest BCUT2D eigenvalue weighted by Gasteiger charge is -2.34. The summed E-state index contributed by atoms with van der Waals surface area (Å²) >= 11 is 0. The molecule has 0 heterocycles. The summed E-state index contributed by atoms with van der Waals surface area (Å²) in [6.07, 6.45) is 5.66. The van der Waals surface area contributed by atoms with Crippen LogP contribution in [0.3, 0.4) is 0 Å². The Kier molecular flexibility index (Phi) is 5.95. The van der Waals surface area contributed by atoms with Crippen LogP contribution in [0.25, 0.3) is 6.08 Å². The van der Waals surface area contributed by atoms with Crippen molar-refractivity contribution in [2.45, 2.75) is 71.9 Å². The molecule has 1 nitrogen and oxygen atoms in total. The number of hydrogen-bond donors (Lipinski definition) is 0. The number of ether oxygens (including phenoxy) is 1. The summed E-state index contributed by atoms with van der Waals surface area (Å²) in [5.41, 5.74) is 5.57. The van der Waals surface area contributed by atoms with Crippen LogP contribution in [-0.4, -0.2) is 8.07 Å². The van der Waals surface area contributed by atoms with Crippen LogP contribution in [0.5, 0.6) is 11.5 Å². The lowest BCUT2D eigenvalue weighted by molar-refractivity contribution is 0.456. The van der Waals surface area contributed by atoms with E-state index in [1.165, 1.54) is 32.6 Å². The van der Waals surface area contributed by atoms with Crippen molar-refractivity contribution in [2.75, 3.05) is 0 Å². The third kappa shape index (κ3) is 4.59. The first-order valence-electron chi connectivity index (χ1n) is 12.1. The second kappa shape index (κ2) is 8.33. The van der Waals surface area contributed by atoms with Gasteiger partial charge in [0.25, 0.3) is 0 Å². The van der Waals surface area contributed by atoms with Crippen molar-refractivity contribution >= 4 is 24.5 Å². The highest BCUT2D eigenvalue weighted by atomic mass is 28.3. The maximum atomic E-state index is 6.78. The summed E-state index contributed by atoms with van der Waals surface area (Å²) in [6, 6.07) is 22.0. The Labute approximate surface area is 201 Å². The molecule has 0 saturated carbocycles. The van der Waals surface area contributed by atoms with Gasteiger partial charge in [0.1, 0.15) is 19.6 Å². The van der Waals surface area contributed by atoms with Gasteiger partial charge in [-0.3, -0.25) is 0 Å². The second-order valence-corrected chi connectivity index (χ2v) is 16.3. The van der Waals surface area contributed by atoms with Crippen molar-refractivity contribution in [3.05, 3.63) is 89.0 Å². The zero-order valence-corrected chi connectivity index (χ0v) is 22.5. The van der Waals surface area contributed by atoms with Gasteiger partial charge in [0.2, 0.25) is 0 Å². The molecule has 0 spiro atoms.